The van der Waals surface area contributed by atoms with E-state index in [0.29, 0.717) is 11.6 Å². The van der Waals surface area contributed by atoms with Gasteiger partial charge in [0.1, 0.15) is 0 Å². The van der Waals surface area contributed by atoms with Crippen molar-refractivity contribution >= 4 is 58.4 Å². The molecule has 0 saturated heterocycles. The summed E-state index contributed by atoms with van der Waals surface area (Å²) >= 11 is 16.0. The molecule has 9 heteroatoms. The first-order valence-electron chi connectivity index (χ1n) is 11.4. The summed E-state index contributed by atoms with van der Waals surface area (Å²) in [7, 11) is 0. The molecular weight excluding hydrogens is 549 g/mol. The Morgan fingerprint density at radius 1 is 0.816 bits per heavy atom. The fraction of sp³-hybridized carbons (Fsp3) is 0.379. The number of carboxylic acid groups (broad SMARTS) is 1. The molecule has 2 rings (SSSR count). The molecule has 0 radical (unpaired) electrons. The standard InChI is InChI=1S/C9H7ClO2.C9H9ClO.C6H15N.C3H5ClO2.2CH4/c10-8-4-1-7(2-5-8)3-6-9(11)12;10-9-5-3-8(4-6-9)2-1-7-11;1-4-7(5-2)6-3;1-2-6-3(4)5;;/h1-6H,(H,11,12);1-6,11H,7H2;4-6H2,1-3H3;2H2,1H3;2*1H4/b6-3+;2-1+;;;;. The summed E-state index contributed by atoms with van der Waals surface area (Å²) in [5.74, 6) is -0.954. The minimum absolute atomic E-state index is 0. The van der Waals surface area contributed by atoms with Gasteiger partial charge in [-0.25, -0.2) is 9.59 Å². The molecule has 2 aromatic carbocycles. The van der Waals surface area contributed by atoms with Crippen LogP contribution in [0.5, 0.6) is 0 Å². The second kappa shape index (κ2) is 29.2. The monoisotopic (exact) mass is 591 g/mol. The molecule has 0 fully saturated rings. The number of carbonyl (C=O) groups is 2. The van der Waals surface area contributed by atoms with Gasteiger partial charge in [0.05, 0.1) is 13.2 Å². The first-order valence-corrected chi connectivity index (χ1v) is 12.5. The minimum atomic E-state index is -0.954. The largest absolute Gasteiger partial charge is 0.478 e. The number of hydrogen-bond donors (Lipinski definition) is 2. The van der Waals surface area contributed by atoms with E-state index in [1.165, 1.54) is 25.7 Å². The lowest BCUT2D eigenvalue weighted by atomic mass is 10.2. The van der Waals surface area contributed by atoms with E-state index in [2.05, 4.69) is 30.4 Å². The van der Waals surface area contributed by atoms with Crippen LogP contribution in [0.25, 0.3) is 12.2 Å². The zero-order valence-corrected chi connectivity index (χ0v) is 23.4. The lowest BCUT2D eigenvalue weighted by Gasteiger charge is -2.13. The molecule has 0 spiro atoms. The van der Waals surface area contributed by atoms with Crippen LogP contribution < -0.4 is 0 Å². The maximum absolute atomic E-state index is 10.1. The molecule has 0 saturated carbocycles. The first-order chi connectivity index (χ1) is 17.1. The fourth-order valence-electron chi connectivity index (χ4n) is 2.29. The normalized spacial score (nSPS) is 9.50. The summed E-state index contributed by atoms with van der Waals surface area (Å²) in [6, 6.07) is 14.4. The fourth-order valence-corrected chi connectivity index (χ4v) is 2.65. The second-order valence-electron chi connectivity index (χ2n) is 6.65. The molecule has 0 bridgehead atoms. The number of hydrogen-bond acceptors (Lipinski definition) is 5. The molecule has 0 heterocycles. The average Bonchev–Trinajstić information content (AvgIpc) is 2.85. The molecule has 0 aliphatic heterocycles. The molecule has 0 unspecified atom stereocenters. The number of benzene rings is 2. The van der Waals surface area contributed by atoms with Crippen molar-refractivity contribution < 1.29 is 24.5 Å². The number of carboxylic acids is 1. The Hall–Kier alpha value is -2.35. The van der Waals surface area contributed by atoms with Gasteiger partial charge >= 0.3 is 11.4 Å². The van der Waals surface area contributed by atoms with Crippen LogP contribution in [0, 0.1) is 0 Å². The highest BCUT2D eigenvalue weighted by molar-refractivity contribution is 6.61. The maximum Gasteiger partial charge on any atom is 0.403 e. The van der Waals surface area contributed by atoms with E-state index in [-0.39, 0.29) is 21.5 Å². The van der Waals surface area contributed by atoms with Crippen molar-refractivity contribution in [2.45, 2.75) is 42.5 Å². The number of ether oxygens (including phenoxy) is 1. The van der Waals surface area contributed by atoms with Crippen LogP contribution in [0.1, 0.15) is 53.7 Å². The third kappa shape index (κ3) is 28.2. The average molecular weight is 593 g/mol. The SMILES string of the molecule is C.C.CCN(CC)CC.CCOC(=O)Cl.O=C(O)/C=C/c1ccc(Cl)cc1.OC/C=C/c1ccc(Cl)cc1. The molecule has 2 aromatic rings. The lowest BCUT2D eigenvalue weighted by Crippen LogP contribution is -2.21. The predicted molar refractivity (Wildman–Crippen MR) is 165 cm³/mol. The van der Waals surface area contributed by atoms with E-state index in [1.807, 2.05) is 30.3 Å². The summed E-state index contributed by atoms with van der Waals surface area (Å²) in [5, 5.41) is 18.2. The Kier molecular flexibility index (Phi) is 32.8. The molecule has 2 N–H and O–H groups in total. The molecule has 0 aliphatic carbocycles. The highest BCUT2D eigenvalue weighted by Gasteiger charge is 1.90. The lowest BCUT2D eigenvalue weighted by molar-refractivity contribution is -0.131. The van der Waals surface area contributed by atoms with Gasteiger partial charge in [-0.1, -0.05) is 95.2 Å². The molecule has 0 amide bonds. The van der Waals surface area contributed by atoms with Crippen LogP contribution in [0.3, 0.4) is 0 Å². The number of aliphatic carboxylic acids is 1. The molecular formula is C29H44Cl3NO5. The van der Waals surface area contributed by atoms with Crippen LogP contribution in [-0.4, -0.2) is 59.4 Å². The smallest absolute Gasteiger partial charge is 0.403 e. The van der Waals surface area contributed by atoms with Crippen molar-refractivity contribution in [1.82, 2.24) is 4.90 Å². The Balaban J connectivity index is -0.000000207. The van der Waals surface area contributed by atoms with Crippen molar-refractivity contribution in [2.75, 3.05) is 32.8 Å². The summed E-state index contributed by atoms with van der Waals surface area (Å²) in [6.45, 7) is 12.2. The van der Waals surface area contributed by atoms with E-state index < -0.39 is 11.4 Å². The van der Waals surface area contributed by atoms with Gasteiger partial charge in [-0.05, 0) is 68.0 Å². The van der Waals surface area contributed by atoms with E-state index in [0.717, 1.165) is 22.2 Å². The van der Waals surface area contributed by atoms with Crippen LogP contribution in [0.15, 0.2) is 60.7 Å². The number of halogens is 3. The van der Waals surface area contributed by atoms with Gasteiger partial charge in [-0.2, -0.15) is 0 Å². The third-order valence-corrected chi connectivity index (χ3v) is 4.79. The van der Waals surface area contributed by atoms with E-state index in [1.54, 1.807) is 37.3 Å². The van der Waals surface area contributed by atoms with Gasteiger partial charge in [0, 0.05) is 27.7 Å². The number of carbonyl (C=O) groups excluding carboxylic acids is 1. The Morgan fingerprint density at radius 3 is 1.45 bits per heavy atom. The van der Waals surface area contributed by atoms with Gasteiger partial charge in [0.25, 0.3) is 0 Å². The zero-order valence-electron chi connectivity index (χ0n) is 21.2. The van der Waals surface area contributed by atoms with E-state index >= 15 is 0 Å². The van der Waals surface area contributed by atoms with Crippen molar-refractivity contribution in [2.24, 2.45) is 0 Å². The third-order valence-electron chi connectivity index (χ3n) is 4.17. The van der Waals surface area contributed by atoms with E-state index in [9.17, 15) is 9.59 Å². The van der Waals surface area contributed by atoms with Crippen molar-refractivity contribution in [1.29, 1.82) is 0 Å². The highest BCUT2D eigenvalue weighted by atomic mass is 35.5. The quantitative estimate of drug-likeness (QED) is 0.235. The molecule has 0 aromatic heterocycles. The Bertz CT molecular complexity index is 877. The highest BCUT2D eigenvalue weighted by Crippen LogP contribution is 2.11. The maximum atomic E-state index is 10.1. The van der Waals surface area contributed by atoms with Crippen molar-refractivity contribution in [3.05, 3.63) is 81.9 Å². The Morgan fingerprint density at radius 2 is 1.21 bits per heavy atom. The summed E-state index contributed by atoms with van der Waals surface area (Å²) in [6.07, 6.45) is 6.13. The summed E-state index contributed by atoms with van der Waals surface area (Å²) in [5.41, 5.74) is 1.13. The van der Waals surface area contributed by atoms with Crippen LogP contribution >= 0.6 is 34.8 Å². The van der Waals surface area contributed by atoms with Crippen LogP contribution in [0.2, 0.25) is 10.0 Å². The molecule has 6 nitrogen and oxygen atoms in total. The van der Waals surface area contributed by atoms with Gasteiger partial charge in [-0.3, -0.25) is 0 Å². The second-order valence-corrected chi connectivity index (χ2v) is 7.83. The predicted octanol–water partition coefficient (Wildman–Crippen LogP) is 8.79. The topological polar surface area (TPSA) is 87.1 Å². The number of aliphatic hydroxyl groups is 1. The Labute approximate surface area is 244 Å². The number of rotatable bonds is 8. The van der Waals surface area contributed by atoms with Crippen LogP contribution in [0.4, 0.5) is 4.79 Å². The van der Waals surface area contributed by atoms with Crippen LogP contribution in [-0.2, 0) is 9.53 Å². The van der Waals surface area contributed by atoms with Gasteiger partial charge in [0.2, 0.25) is 0 Å². The molecule has 0 atom stereocenters. The zero-order chi connectivity index (χ0) is 27.8. The van der Waals surface area contributed by atoms with Gasteiger partial charge in [0.15, 0.2) is 0 Å². The first kappa shape index (κ1) is 42.7. The molecule has 216 valence electrons. The number of aliphatic hydroxyl groups excluding tert-OH is 1. The van der Waals surface area contributed by atoms with E-state index in [4.69, 9.17) is 45.0 Å². The van der Waals surface area contributed by atoms with Crippen molar-refractivity contribution in [3.8, 4) is 0 Å². The molecule has 0 aliphatic rings. The summed E-state index contributed by atoms with van der Waals surface area (Å²) in [4.78, 5) is 22.1. The van der Waals surface area contributed by atoms with Gasteiger partial charge < -0.3 is 19.8 Å². The number of nitrogens with zero attached hydrogens (tertiary/aromatic N) is 1. The van der Waals surface area contributed by atoms with Crippen molar-refractivity contribution in [3.63, 3.8) is 0 Å². The molecule has 38 heavy (non-hydrogen) atoms. The minimum Gasteiger partial charge on any atom is -0.478 e. The summed E-state index contributed by atoms with van der Waals surface area (Å²) < 4.78 is 4.17. The van der Waals surface area contributed by atoms with Gasteiger partial charge in [-0.15, -0.1) is 0 Å².